The van der Waals surface area contributed by atoms with Gasteiger partial charge in [-0.3, -0.25) is 14.4 Å². The second-order valence-electron chi connectivity index (χ2n) is 11.7. The van der Waals surface area contributed by atoms with E-state index in [0.29, 0.717) is 6.42 Å². The molecular formula is C33H50O10. The van der Waals surface area contributed by atoms with Crippen LogP contribution in [0.3, 0.4) is 0 Å². The Hall–Kier alpha value is -3.43. The zero-order valence-electron chi connectivity index (χ0n) is 26.6. The summed E-state index contributed by atoms with van der Waals surface area (Å²) in [5, 5.41) is 0. The Morgan fingerprint density at radius 3 is 1.67 bits per heavy atom. The van der Waals surface area contributed by atoms with E-state index in [1.54, 1.807) is 20.8 Å². The number of hydrogen-bond donors (Lipinski definition) is 0. The van der Waals surface area contributed by atoms with Crippen molar-refractivity contribution in [1.82, 2.24) is 0 Å². The molecule has 1 aromatic rings. The molecular weight excluding hydrogens is 556 g/mol. The minimum absolute atomic E-state index is 0.0716. The van der Waals surface area contributed by atoms with Gasteiger partial charge in [0.15, 0.2) is 11.5 Å². The molecule has 0 radical (unpaired) electrons. The largest absolute Gasteiger partial charge is 0.425 e. The van der Waals surface area contributed by atoms with Gasteiger partial charge in [0.25, 0.3) is 6.47 Å². The van der Waals surface area contributed by atoms with Gasteiger partial charge >= 0.3 is 23.9 Å². The summed E-state index contributed by atoms with van der Waals surface area (Å²) in [7, 11) is 0. The van der Waals surface area contributed by atoms with Crippen molar-refractivity contribution in [3.63, 3.8) is 0 Å². The Kier molecular flexibility index (Phi) is 18.6. The van der Waals surface area contributed by atoms with Crippen molar-refractivity contribution in [2.75, 3.05) is 0 Å². The molecule has 0 amide bonds. The molecule has 0 aliphatic rings. The molecule has 10 heteroatoms. The van der Waals surface area contributed by atoms with Crippen molar-refractivity contribution in [3.05, 3.63) is 17.7 Å². The van der Waals surface area contributed by atoms with Crippen LogP contribution in [0.15, 0.2) is 12.1 Å². The van der Waals surface area contributed by atoms with Crippen LogP contribution in [-0.4, -0.2) is 30.3 Å². The molecule has 43 heavy (non-hydrogen) atoms. The van der Waals surface area contributed by atoms with Gasteiger partial charge in [-0.25, -0.2) is 19.4 Å². The predicted molar refractivity (Wildman–Crippen MR) is 161 cm³/mol. The van der Waals surface area contributed by atoms with E-state index in [9.17, 15) is 24.0 Å². The number of benzene rings is 1. The van der Waals surface area contributed by atoms with E-state index in [1.165, 1.54) is 70.6 Å². The van der Waals surface area contributed by atoms with Gasteiger partial charge < -0.3 is 14.2 Å². The van der Waals surface area contributed by atoms with E-state index in [2.05, 4.69) is 11.8 Å². The van der Waals surface area contributed by atoms with Gasteiger partial charge in [0.05, 0.1) is 11.8 Å². The monoisotopic (exact) mass is 606 g/mol. The first-order chi connectivity index (χ1) is 20.5. The highest BCUT2D eigenvalue weighted by Gasteiger charge is 2.31. The van der Waals surface area contributed by atoms with Crippen LogP contribution >= 0.6 is 0 Å². The maximum Gasteiger partial charge on any atom is 0.390 e. The van der Waals surface area contributed by atoms with Gasteiger partial charge in [-0.05, 0) is 39.3 Å². The van der Waals surface area contributed by atoms with E-state index < -0.39 is 40.8 Å². The molecule has 10 nitrogen and oxygen atoms in total. The van der Waals surface area contributed by atoms with Crippen molar-refractivity contribution in [1.29, 1.82) is 0 Å². The summed E-state index contributed by atoms with van der Waals surface area (Å²) >= 11 is 0. The minimum atomic E-state index is -1.17. The molecule has 0 N–H and O–H groups in total. The van der Waals surface area contributed by atoms with Crippen LogP contribution in [-0.2, 0) is 29.0 Å². The van der Waals surface area contributed by atoms with Gasteiger partial charge in [0, 0.05) is 6.92 Å². The fraction of sp³-hybridized carbons (Fsp3) is 0.667. The van der Waals surface area contributed by atoms with Gasteiger partial charge in [-0.1, -0.05) is 96.8 Å². The molecule has 0 aliphatic heterocycles. The molecule has 0 saturated heterocycles. The van der Waals surface area contributed by atoms with E-state index in [0.717, 1.165) is 38.3 Å². The lowest BCUT2D eigenvalue weighted by molar-refractivity contribution is -0.234. The molecule has 242 valence electrons. The number of esters is 2. The van der Waals surface area contributed by atoms with E-state index >= 15 is 0 Å². The molecule has 0 aliphatic carbocycles. The highest BCUT2D eigenvalue weighted by atomic mass is 17.2. The first kappa shape index (κ1) is 37.6. The minimum Gasteiger partial charge on any atom is -0.425 e. The third kappa shape index (κ3) is 16.1. The molecule has 0 unspecified atom stereocenters. The Morgan fingerprint density at radius 2 is 1.21 bits per heavy atom. The van der Waals surface area contributed by atoms with Crippen molar-refractivity contribution < 1.29 is 48.0 Å². The lowest BCUT2D eigenvalue weighted by atomic mass is 9.97. The topological polar surface area (TPSA) is 132 Å². The second-order valence-corrected chi connectivity index (χ2v) is 11.7. The molecule has 0 heterocycles. The molecule has 0 spiro atoms. The second kappa shape index (κ2) is 21.3. The van der Waals surface area contributed by atoms with Crippen LogP contribution < -0.4 is 14.2 Å². The zero-order chi connectivity index (χ0) is 32.1. The van der Waals surface area contributed by atoms with Crippen molar-refractivity contribution in [2.45, 2.75) is 137 Å². The smallest absolute Gasteiger partial charge is 0.390 e. The number of hydrogen-bond acceptors (Lipinski definition) is 10. The lowest BCUT2D eigenvalue weighted by Crippen LogP contribution is -2.27. The average molecular weight is 607 g/mol. The molecule has 0 fully saturated rings. The first-order valence-electron chi connectivity index (χ1n) is 15.6. The predicted octanol–water partition coefficient (Wildman–Crippen LogP) is 7.98. The SMILES string of the molecule is CCCCCCCCCCCCCCCCCC(=O)OOC(=O)c1ccc(OC=O)c(OC(C)=O)c1OC(=O)C(C)(C)C. The summed E-state index contributed by atoms with van der Waals surface area (Å²) in [4.78, 5) is 69.5. The fourth-order valence-corrected chi connectivity index (χ4v) is 4.25. The van der Waals surface area contributed by atoms with Crippen LogP contribution in [0, 0.1) is 5.41 Å². The van der Waals surface area contributed by atoms with Crippen LogP contribution in [0.5, 0.6) is 17.2 Å². The zero-order valence-corrected chi connectivity index (χ0v) is 26.6. The molecule has 1 rings (SSSR count). The quantitative estimate of drug-likeness (QED) is 0.0339. The summed E-state index contributed by atoms with van der Waals surface area (Å²) in [6, 6.07) is 2.27. The number of rotatable bonds is 21. The third-order valence-corrected chi connectivity index (χ3v) is 6.72. The summed E-state index contributed by atoms with van der Waals surface area (Å²) in [6.07, 6.45) is 18.1. The van der Waals surface area contributed by atoms with E-state index in [-0.39, 0.29) is 24.2 Å². The number of carbonyl (C=O) groups excluding carboxylic acids is 5. The van der Waals surface area contributed by atoms with Crippen LogP contribution in [0.1, 0.15) is 148 Å². The summed E-state index contributed by atoms with van der Waals surface area (Å²) in [5.41, 5.74) is -1.39. The Morgan fingerprint density at radius 1 is 0.698 bits per heavy atom. The number of unbranched alkanes of at least 4 members (excludes halogenated alkanes) is 14. The standard InChI is InChI=1S/C33H50O10/c1-6-7-8-9-10-11-12-13-14-15-16-17-18-19-20-21-28(36)42-43-31(37)26-22-23-27(39-24-34)30(40-25(2)35)29(26)41-32(38)33(3,4)5/h22-24H,6-21H2,1-5H3. The lowest BCUT2D eigenvalue weighted by Gasteiger charge is -2.20. The van der Waals surface area contributed by atoms with Crippen LogP contribution in [0.4, 0.5) is 0 Å². The highest BCUT2D eigenvalue weighted by Crippen LogP contribution is 2.41. The number of ether oxygens (including phenoxy) is 3. The molecule has 1 aromatic carbocycles. The molecule has 0 bridgehead atoms. The average Bonchev–Trinajstić information content (AvgIpc) is 2.94. The Bertz CT molecular complexity index is 1030. The van der Waals surface area contributed by atoms with Crippen molar-refractivity contribution >= 4 is 30.3 Å². The maximum absolute atomic E-state index is 12.8. The van der Waals surface area contributed by atoms with Crippen LogP contribution in [0.25, 0.3) is 0 Å². The molecule has 0 saturated carbocycles. The first-order valence-corrected chi connectivity index (χ1v) is 15.6. The summed E-state index contributed by atoms with van der Waals surface area (Å²) in [5.74, 6) is -4.77. The van der Waals surface area contributed by atoms with Gasteiger partial charge in [-0.15, -0.1) is 0 Å². The van der Waals surface area contributed by atoms with E-state index in [1.807, 2.05) is 0 Å². The van der Waals surface area contributed by atoms with Crippen molar-refractivity contribution in [2.24, 2.45) is 5.41 Å². The Labute approximate surface area is 256 Å². The van der Waals surface area contributed by atoms with Gasteiger partial charge in [0.1, 0.15) is 5.56 Å². The number of carbonyl (C=O) groups is 5. The maximum atomic E-state index is 12.8. The normalized spacial score (nSPS) is 11.0. The molecule has 0 aromatic heterocycles. The van der Waals surface area contributed by atoms with E-state index in [4.69, 9.17) is 19.1 Å². The third-order valence-electron chi connectivity index (χ3n) is 6.72. The van der Waals surface area contributed by atoms with Gasteiger partial charge in [0.2, 0.25) is 5.75 Å². The molecule has 0 atom stereocenters. The Balaban J connectivity index is 2.49. The highest BCUT2D eigenvalue weighted by molar-refractivity contribution is 5.96. The van der Waals surface area contributed by atoms with Gasteiger partial charge in [-0.2, -0.15) is 0 Å². The van der Waals surface area contributed by atoms with Crippen molar-refractivity contribution in [3.8, 4) is 17.2 Å². The summed E-state index contributed by atoms with van der Waals surface area (Å²) in [6.45, 7) is 8.11. The fourth-order valence-electron chi connectivity index (χ4n) is 4.25. The van der Waals surface area contributed by atoms with Crippen LogP contribution in [0.2, 0.25) is 0 Å². The summed E-state index contributed by atoms with van der Waals surface area (Å²) < 4.78 is 15.3.